The molecule has 0 bridgehead atoms. The number of nitrogen functional groups attached to an aromatic ring is 1. The molecule has 4 aromatic rings. The van der Waals surface area contributed by atoms with E-state index in [1.807, 2.05) is 41.3 Å². The van der Waals surface area contributed by atoms with E-state index >= 15 is 0 Å². The molecular formula is C26H26N6O3. The number of fused-ring (bicyclic) bond motifs is 1. The molecule has 0 saturated carbocycles. The Bertz CT molecular complexity index is 1390. The number of likely N-dealkylation sites (tertiary alicyclic amines) is 1. The van der Waals surface area contributed by atoms with Gasteiger partial charge in [-0.2, -0.15) is 9.61 Å². The van der Waals surface area contributed by atoms with Crippen LogP contribution in [0.1, 0.15) is 47.3 Å². The van der Waals surface area contributed by atoms with E-state index in [-0.39, 0.29) is 24.2 Å². The van der Waals surface area contributed by atoms with Gasteiger partial charge in [0.05, 0.1) is 29.8 Å². The van der Waals surface area contributed by atoms with Crippen LogP contribution in [0, 0.1) is 0 Å². The summed E-state index contributed by atoms with van der Waals surface area (Å²) in [6.07, 6.45) is 5.63. The number of benzene rings is 1. The molecule has 1 aliphatic heterocycles. The molecule has 0 aliphatic carbocycles. The molecule has 9 nitrogen and oxygen atoms in total. The van der Waals surface area contributed by atoms with Crippen LogP contribution in [0.5, 0.6) is 0 Å². The monoisotopic (exact) mass is 470 g/mol. The molecule has 1 aromatic carbocycles. The lowest BCUT2D eigenvalue weighted by Gasteiger charge is -2.31. The largest absolute Gasteiger partial charge is 0.392 e. The molecule has 0 atom stereocenters. The highest BCUT2D eigenvalue weighted by Gasteiger charge is 2.27. The Kier molecular flexibility index (Phi) is 6.00. The fraction of sp³-hybridized carbons (Fsp3) is 0.269. The highest BCUT2D eigenvalue weighted by molar-refractivity contribution is 5.87. The van der Waals surface area contributed by atoms with Crippen LogP contribution in [0.4, 0.5) is 5.82 Å². The van der Waals surface area contributed by atoms with Gasteiger partial charge in [-0.15, -0.1) is 0 Å². The lowest BCUT2D eigenvalue weighted by atomic mass is 9.90. The summed E-state index contributed by atoms with van der Waals surface area (Å²) in [6, 6.07) is 11.5. The Labute approximate surface area is 202 Å². The SMILES string of the molecule is CC(=O)N1CCC(c2nc3c(-c4ccc(-c5ccc(CO)cc5)nc4)cnn3c(N)c2C=O)CC1. The van der Waals surface area contributed by atoms with Crippen LogP contribution in [0.3, 0.4) is 0 Å². The number of carbonyl (C=O) groups excluding carboxylic acids is 2. The molecule has 0 radical (unpaired) electrons. The molecule has 1 aliphatic rings. The number of amides is 1. The second-order valence-electron chi connectivity index (χ2n) is 8.77. The zero-order chi connectivity index (χ0) is 24.5. The molecule has 1 amide bonds. The van der Waals surface area contributed by atoms with Crippen molar-refractivity contribution in [2.24, 2.45) is 0 Å². The minimum atomic E-state index is 0.00115. The summed E-state index contributed by atoms with van der Waals surface area (Å²) in [5, 5.41) is 13.6. The van der Waals surface area contributed by atoms with Crippen LogP contribution < -0.4 is 5.73 Å². The third kappa shape index (κ3) is 4.15. The zero-order valence-electron chi connectivity index (χ0n) is 19.4. The van der Waals surface area contributed by atoms with Crippen molar-refractivity contribution in [2.75, 3.05) is 18.8 Å². The molecule has 3 N–H and O–H groups in total. The molecule has 0 spiro atoms. The number of pyridine rings is 1. The number of aromatic nitrogens is 4. The van der Waals surface area contributed by atoms with Gasteiger partial charge in [0, 0.05) is 48.8 Å². The number of hydrogen-bond donors (Lipinski definition) is 2. The Morgan fingerprint density at radius 3 is 2.43 bits per heavy atom. The molecule has 5 rings (SSSR count). The molecule has 4 heterocycles. The molecule has 1 fully saturated rings. The average Bonchev–Trinajstić information content (AvgIpc) is 3.33. The van der Waals surface area contributed by atoms with E-state index in [2.05, 4.69) is 10.1 Å². The lowest BCUT2D eigenvalue weighted by molar-refractivity contribution is -0.129. The number of aldehydes is 1. The summed E-state index contributed by atoms with van der Waals surface area (Å²) in [4.78, 5) is 34.9. The van der Waals surface area contributed by atoms with Crippen molar-refractivity contribution < 1.29 is 14.7 Å². The van der Waals surface area contributed by atoms with Gasteiger partial charge in [0.2, 0.25) is 5.91 Å². The van der Waals surface area contributed by atoms with E-state index in [0.717, 1.165) is 47.1 Å². The Morgan fingerprint density at radius 1 is 1.11 bits per heavy atom. The first kappa shape index (κ1) is 22.7. The first-order valence-electron chi connectivity index (χ1n) is 11.5. The van der Waals surface area contributed by atoms with E-state index in [0.29, 0.717) is 30.0 Å². The van der Waals surface area contributed by atoms with Gasteiger partial charge in [-0.1, -0.05) is 30.3 Å². The number of nitrogens with two attached hydrogens (primary N) is 1. The minimum absolute atomic E-state index is 0.00115. The van der Waals surface area contributed by atoms with Crippen molar-refractivity contribution in [2.45, 2.75) is 32.3 Å². The van der Waals surface area contributed by atoms with Gasteiger partial charge in [-0.3, -0.25) is 14.6 Å². The minimum Gasteiger partial charge on any atom is -0.392 e. The number of carbonyl (C=O) groups is 2. The van der Waals surface area contributed by atoms with Crippen molar-refractivity contribution in [3.63, 3.8) is 0 Å². The van der Waals surface area contributed by atoms with Gasteiger partial charge < -0.3 is 15.7 Å². The van der Waals surface area contributed by atoms with Gasteiger partial charge in [0.15, 0.2) is 11.9 Å². The number of aliphatic hydroxyl groups is 1. The van der Waals surface area contributed by atoms with Crippen molar-refractivity contribution in [1.82, 2.24) is 24.5 Å². The second-order valence-corrected chi connectivity index (χ2v) is 8.77. The average molecular weight is 471 g/mol. The van der Waals surface area contributed by atoms with Crippen LogP contribution in [-0.2, 0) is 11.4 Å². The summed E-state index contributed by atoms with van der Waals surface area (Å²) in [7, 11) is 0. The van der Waals surface area contributed by atoms with Gasteiger partial charge in [0.25, 0.3) is 0 Å². The van der Waals surface area contributed by atoms with Gasteiger partial charge in [-0.05, 0) is 24.5 Å². The maximum absolute atomic E-state index is 11.9. The zero-order valence-corrected chi connectivity index (χ0v) is 19.4. The summed E-state index contributed by atoms with van der Waals surface area (Å²) >= 11 is 0. The van der Waals surface area contributed by atoms with E-state index in [1.165, 1.54) is 4.52 Å². The maximum Gasteiger partial charge on any atom is 0.219 e. The molecular weight excluding hydrogens is 444 g/mol. The van der Waals surface area contributed by atoms with E-state index < -0.39 is 0 Å². The second kappa shape index (κ2) is 9.27. The van der Waals surface area contributed by atoms with Crippen molar-refractivity contribution >= 4 is 23.7 Å². The number of anilines is 1. The molecule has 35 heavy (non-hydrogen) atoms. The van der Waals surface area contributed by atoms with E-state index in [9.17, 15) is 14.7 Å². The first-order valence-corrected chi connectivity index (χ1v) is 11.5. The summed E-state index contributed by atoms with van der Waals surface area (Å²) in [6.45, 7) is 2.83. The number of nitrogens with zero attached hydrogens (tertiary/aromatic N) is 5. The van der Waals surface area contributed by atoms with E-state index in [4.69, 9.17) is 10.7 Å². The maximum atomic E-state index is 11.9. The van der Waals surface area contributed by atoms with E-state index in [1.54, 1.807) is 19.3 Å². The third-order valence-corrected chi connectivity index (χ3v) is 6.70. The van der Waals surface area contributed by atoms with Gasteiger partial charge in [-0.25, -0.2) is 4.98 Å². The smallest absolute Gasteiger partial charge is 0.219 e. The Morgan fingerprint density at radius 2 is 1.83 bits per heavy atom. The Balaban J connectivity index is 1.50. The number of hydrogen-bond acceptors (Lipinski definition) is 7. The van der Waals surface area contributed by atoms with Crippen molar-refractivity contribution in [1.29, 1.82) is 0 Å². The summed E-state index contributed by atoms with van der Waals surface area (Å²) in [5.74, 6) is 0.345. The van der Waals surface area contributed by atoms with Gasteiger partial charge >= 0.3 is 0 Å². The number of piperidine rings is 1. The predicted molar refractivity (Wildman–Crippen MR) is 132 cm³/mol. The fourth-order valence-electron chi connectivity index (χ4n) is 4.65. The van der Waals surface area contributed by atoms with Crippen molar-refractivity contribution in [3.05, 3.63) is 65.6 Å². The molecule has 9 heteroatoms. The van der Waals surface area contributed by atoms with Crippen molar-refractivity contribution in [3.8, 4) is 22.4 Å². The quantitative estimate of drug-likeness (QED) is 0.429. The fourth-order valence-corrected chi connectivity index (χ4v) is 4.65. The van der Waals surface area contributed by atoms with Crippen LogP contribution in [0.25, 0.3) is 28.0 Å². The number of aliphatic hydroxyl groups excluding tert-OH is 1. The Hall–Kier alpha value is -4.11. The van der Waals surface area contributed by atoms with Crippen LogP contribution in [-0.4, -0.2) is 54.9 Å². The molecule has 3 aromatic heterocycles. The number of rotatable bonds is 5. The lowest BCUT2D eigenvalue weighted by Crippen LogP contribution is -2.36. The summed E-state index contributed by atoms with van der Waals surface area (Å²) < 4.78 is 1.49. The first-order chi connectivity index (χ1) is 17.0. The normalized spacial score (nSPS) is 14.4. The predicted octanol–water partition coefficient (Wildman–Crippen LogP) is 3.07. The van der Waals surface area contributed by atoms with Gasteiger partial charge in [0.1, 0.15) is 5.82 Å². The molecule has 1 saturated heterocycles. The third-order valence-electron chi connectivity index (χ3n) is 6.70. The highest BCUT2D eigenvalue weighted by atomic mass is 16.3. The van der Waals surface area contributed by atoms with Crippen LogP contribution in [0.15, 0.2) is 48.8 Å². The van der Waals surface area contributed by atoms with Crippen LogP contribution in [0.2, 0.25) is 0 Å². The summed E-state index contributed by atoms with van der Waals surface area (Å²) in [5.41, 5.74) is 12.1. The molecule has 0 unspecified atom stereocenters. The van der Waals surface area contributed by atoms with Crippen LogP contribution >= 0.6 is 0 Å². The topological polar surface area (TPSA) is 127 Å². The highest BCUT2D eigenvalue weighted by Crippen LogP contribution is 2.34. The molecule has 178 valence electrons. The standard InChI is InChI=1S/C26H26N6O3/c1-16(35)31-10-8-19(9-11-31)24-22(15-34)25(27)32-26(30-24)21(13-29-32)20-6-7-23(28-12-20)18-4-2-17(14-33)3-5-18/h2-7,12-13,15,19,33H,8-11,14,27H2,1H3.